The molecular formula is C15H23ClFN. The van der Waals surface area contributed by atoms with E-state index >= 15 is 0 Å². The molecule has 1 rings (SSSR count). The van der Waals surface area contributed by atoms with E-state index in [9.17, 15) is 4.39 Å². The van der Waals surface area contributed by atoms with Crippen LogP contribution in [0.1, 0.15) is 51.6 Å². The lowest BCUT2D eigenvalue weighted by molar-refractivity contribution is 0.347. The molecule has 1 aromatic carbocycles. The minimum atomic E-state index is -0.357. The zero-order chi connectivity index (χ0) is 13.8. The van der Waals surface area contributed by atoms with Gasteiger partial charge in [0, 0.05) is 6.04 Å². The quantitative estimate of drug-likeness (QED) is 0.798. The molecule has 0 amide bonds. The number of benzene rings is 1. The Bertz CT molecular complexity index is 385. The van der Waals surface area contributed by atoms with E-state index in [-0.39, 0.29) is 16.9 Å². The Morgan fingerprint density at radius 3 is 2.50 bits per heavy atom. The summed E-state index contributed by atoms with van der Waals surface area (Å²) in [4.78, 5) is 0. The zero-order valence-corrected chi connectivity index (χ0v) is 12.4. The van der Waals surface area contributed by atoms with Crippen molar-refractivity contribution in [2.45, 2.75) is 46.1 Å². The second kappa shape index (κ2) is 6.53. The normalized spacial score (nSPS) is 13.7. The van der Waals surface area contributed by atoms with Crippen LogP contribution in [-0.4, -0.2) is 7.05 Å². The highest BCUT2D eigenvalue weighted by atomic mass is 35.5. The van der Waals surface area contributed by atoms with Gasteiger partial charge in [-0.3, -0.25) is 0 Å². The number of halogens is 2. The van der Waals surface area contributed by atoms with Gasteiger partial charge in [0.25, 0.3) is 0 Å². The van der Waals surface area contributed by atoms with Crippen molar-refractivity contribution in [3.63, 3.8) is 0 Å². The second-order valence-corrected chi connectivity index (χ2v) is 6.37. The van der Waals surface area contributed by atoms with Gasteiger partial charge < -0.3 is 5.32 Å². The third-order valence-corrected chi connectivity index (χ3v) is 3.40. The molecule has 0 spiro atoms. The molecule has 0 aliphatic heterocycles. The standard InChI is InChI=1S/C15H23ClFN/c1-15(2,3)9-5-6-14(18-4)11-7-8-13(17)12(16)10-11/h7-8,10,14,18H,5-6,9H2,1-4H3. The number of nitrogens with one attached hydrogen (secondary N) is 1. The topological polar surface area (TPSA) is 12.0 Å². The van der Waals surface area contributed by atoms with Crippen molar-refractivity contribution >= 4 is 11.6 Å². The molecule has 0 aliphatic carbocycles. The first kappa shape index (κ1) is 15.5. The summed E-state index contributed by atoms with van der Waals surface area (Å²) in [6, 6.07) is 5.20. The summed E-state index contributed by atoms with van der Waals surface area (Å²) in [5, 5.41) is 3.47. The van der Waals surface area contributed by atoms with E-state index in [4.69, 9.17) is 11.6 Å². The summed E-state index contributed by atoms with van der Waals surface area (Å²) in [5.41, 5.74) is 1.41. The van der Waals surface area contributed by atoms with Gasteiger partial charge in [-0.1, -0.05) is 44.9 Å². The molecule has 0 aromatic heterocycles. The Morgan fingerprint density at radius 1 is 1.33 bits per heavy atom. The van der Waals surface area contributed by atoms with Crippen molar-refractivity contribution in [2.24, 2.45) is 5.41 Å². The van der Waals surface area contributed by atoms with Crippen molar-refractivity contribution in [1.29, 1.82) is 0 Å². The van der Waals surface area contributed by atoms with Crippen LogP contribution >= 0.6 is 11.6 Å². The predicted octanol–water partition coefficient (Wildman–Crippen LogP) is 4.96. The van der Waals surface area contributed by atoms with Crippen LogP contribution in [0.25, 0.3) is 0 Å². The molecule has 0 bridgehead atoms. The monoisotopic (exact) mass is 271 g/mol. The van der Waals surface area contributed by atoms with Gasteiger partial charge in [-0.2, -0.15) is 0 Å². The van der Waals surface area contributed by atoms with E-state index in [1.54, 1.807) is 12.1 Å². The summed E-state index contributed by atoms with van der Waals surface area (Å²) in [5.74, 6) is -0.357. The maximum absolute atomic E-state index is 13.1. The fourth-order valence-corrected chi connectivity index (χ4v) is 2.23. The maximum Gasteiger partial charge on any atom is 0.141 e. The SMILES string of the molecule is CNC(CCCC(C)(C)C)c1ccc(F)c(Cl)c1. The molecule has 0 radical (unpaired) electrons. The van der Waals surface area contributed by atoms with Crippen molar-refractivity contribution in [2.75, 3.05) is 7.05 Å². The Balaban J connectivity index is 2.63. The van der Waals surface area contributed by atoms with Crippen molar-refractivity contribution in [3.05, 3.63) is 34.6 Å². The zero-order valence-electron chi connectivity index (χ0n) is 11.7. The Hall–Kier alpha value is -0.600. The fraction of sp³-hybridized carbons (Fsp3) is 0.600. The van der Waals surface area contributed by atoms with Crippen LogP contribution in [0.5, 0.6) is 0 Å². The van der Waals surface area contributed by atoms with E-state index in [0.717, 1.165) is 18.4 Å². The largest absolute Gasteiger partial charge is 0.313 e. The van der Waals surface area contributed by atoms with Gasteiger partial charge in [0.15, 0.2) is 0 Å². The van der Waals surface area contributed by atoms with Crippen LogP contribution in [0.15, 0.2) is 18.2 Å². The Kier molecular flexibility index (Phi) is 5.61. The highest BCUT2D eigenvalue weighted by molar-refractivity contribution is 6.30. The highest BCUT2D eigenvalue weighted by Crippen LogP contribution is 2.27. The maximum atomic E-state index is 13.1. The summed E-state index contributed by atoms with van der Waals surface area (Å²) in [7, 11) is 1.93. The third kappa shape index (κ3) is 4.95. The summed E-state index contributed by atoms with van der Waals surface area (Å²) >= 11 is 5.82. The van der Waals surface area contributed by atoms with Gasteiger partial charge in [0.2, 0.25) is 0 Å². The van der Waals surface area contributed by atoms with Crippen LogP contribution in [0, 0.1) is 11.2 Å². The summed E-state index contributed by atoms with van der Waals surface area (Å²) in [6.45, 7) is 6.74. The molecule has 102 valence electrons. The molecule has 0 saturated heterocycles. The van der Waals surface area contributed by atoms with Gasteiger partial charge in [0.05, 0.1) is 5.02 Å². The summed E-state index contributed by atoms with van der Waals surface area (Å²) in [6.07, 6.45) is 3.36. The van der Waals surface area contributed by atoms with Crippen molar-refractivity contribution in [1.82, 2.24) is 5.32 Å². The first-order valence-corrected chi connectivity index (χ1v) is 6.83. The molecule has 1 N–H and O–H groups in total. The van der Waals surface area contributed by atoms with E-state index in [1.807, 2.05) is 7.05 Å². The molecule has 1 atom stereocenters. The van der Waals surface area contributed by atoms with Crippen molar-refractivity contribution in [3.8, 4) is 0 Å². The number of hydrogen-bond donors (Lipinski definition) is 1. The predicted molar refractivity (Wildman–Crippen MR) is 76.5 cm³/mol. The minimum absolute atomic E-state index is 0.198. The van der Waals surface area contributed by atoms with E-state index < -0.39 is 0 Å². The van der Waals surface area contributed by atoms with Crippen LogP contribution in [-0.2, 0) is 0 Å². The Morgan fingerprint density at radius 2 is 2.00 bits per heavy atom. The van der Waals surface area contributed by atoms with Gasteiger partial charge in [-0.25, -0.2) is 4.39 Å². The molecule has 1 unspecified atom stereocenters. The van der Waals surface area contributed by atoms with Crippen LogP contribution in [0.2, 0.25) is 5.02 Å². The van der Waals surface area contributed by atoms with Crippen LogP contribution in [0.4, 0.5) is 4.39 Å². The van der Waals surface area contributed by atoms with Gasteiger partial charge in [-0.15, -0.1) is 0 Å². The molecule has 18 heavy (non-hydrogen) atoms. The molecule has 0 saturated carbocycles. The van der Waals surface area contributed by atoms with Crippen molar-refractivity contribution < 1.29 is 4.39 Å². The first-order valence-electron chi connectivity index (χ1n) is 6.46. The third-order valence-electron chi connectivity index (χ3n) is 3.11. The van der Waals surface area contributed by atoms with Gasteiger partial charge >= 0.3 is 0 Å². The molecule has 0 heterocycles. The number of hydrogen-bond acceptors (Lipinski definition) is 1. The average molecular weight is 272 g/mol. The molecule has 0 fully saturated rings. The lowest BCUT2D eigenvalue weighted by Gasteiger charge is -2.21. The molecule has 1 nitrogen and oxygen atoms in total. The second-order valence-electron chi connectivity index (χ2n) is 5.97. The van der Waals surface area contributed by atoms with Crippen LogP contribution < -0.4 is 5.32 Å². The molecule has 3 heteroatoms. The summed E-state index contributed by atoms with van der Waals surface area (Å²) < 4.78 is 13.1. The van der Waals surface area contributed by atoms with Gasteiger partial charge in [-0.05, 0) is 43.0 Å². The number of rotatable bonds is 5. The lowest BCUT2D eigenvalue weighted by Crippen LogP contribution is -2.17. The minimum Gasteiger partial charge on any atom is -0.313 e. The van der Waals surface area contributed by atoms with E-state index in [1.165, 1.54) is 12.5 Å². The van der Waals surface area contributed by atoms with Gasteiger partial charge in [0.1, 0.15) is 5.82 Å². The average Bonchev–Trinajstić information content (AvgIpc) is 2.27. The molecule has 0 aliphatic rings. The lowest BCUT2D eigenvalue weighted by atomic mass is 9.88. The van der Waals surface area contributed by atoms with E-state index in [2.05, 4.69) is 26.1 Å². The smallest absolute Gasteiger partial charge is 0.141 e. The Labute approximate surface area is 115 Å². The first-order chi connectivity index (χ1) is 8.33. The highest BCUT2D eigenvalue weighted by Gasteiger charge is 2.14. The van der Waals surface area contributed by atoms with Crippen LogP contribution in [0.3, 0.4) is 0 Å². The molecular weight excluding hydrogens is 249 g/mol. The van der Waals surface area contributed by atoms with E-state index in [0.29, 0.717) is 5.41 Å². The fourth-order valence-electron chi connectivity index (χ4n) is 2.04. The molecule has 1 aromatic rings.